The second kappa shape index (κ2) is 10.3. The van der Waals surface area contributed by atoms with Gasteiger partial charge in [-0.25, -0.2) is 4.79 Å². The predicted molar refractivity (Wildman–Crippen MR) is 121 cm³/mol. The molecule has 2 aromatic carbocycles. The van der Waals surface area contributed by atoms with Crippen LogP contribution in [0.2, 0.25) is 0 Å². The molecule has 0 bridgehead atoms. The lowest BCUT2D eigenvalue weighted by molar-refractivity contribution is -0.138. The normalized spacial score (nSPS) is 14.2. The van der Waals surface area contributed by atoms with E-state index < -0.39 is 30.1 Å². The molecule has 0 radical (unpaired) electrons. The number of carbonyl (C=O) groups excluding carboxylic acids is 2. The number of carbonyl (C=O) groups is 3. The Bertz CT molecular complexity index is 942. The number of fused-ring (bicyclic) bond motifs is 3. The number of amides is 2. The van der Waals surface area contributed by atoms with Gasteiger partial charge in [-0.05, 0) is 34.6 Å². The van der Waals surface area contributed by atoms with Crippen LogP contribution in [0.1, 0.15) is 50.7 Å². The van der Waals surface area contributed by atoms with Gasteiger partial charge < -0.3 is 20.5 Å². The maximum Gasteiger partial charge on any atom is 0.407 e. The molecule has 0 fully saturated rings. The molecular weight excluding hydrogens is 408 g/mol. The van der Waals surface area contributed by atoms with E-state index in [1.165, 1.54) is 0 Å². The van der Waals surface area contributed by atoms with E-state index in [9.17, 15) is 14.4 Å². The standard InChI is InChI=1S/C25H30N2O5/c1-4-21(24(30)26-22(15(2)3)13-23(28)29)27-25(31)32-14-20-18-11-7-5-9-16(18)17-10-6-8-12-19(17)20/h5-12,15,20-22H,4,13-14H2,1-3H3,(H,26,30)(H,27,31)(H,28,29)/t21?,22-/m1/s1. The molecular formula is C25H30N2O5. The molecule has 1 aliphatic carbocycles. The van der Waals surface area contributed by atoms with Crippen LogP contribution in [0.3, 0.4) is 0 Å². The molecule has 32 heavy (non-hydrogen) atoms. The van der Waals surface area contributed by atoms with Crippen LogP contribution >= 0.6 is 0 Å². The quantitative estimate of drug-likeness (QED) is 0.550. The number of carboxylic acid groups (broad SMARTS) is 1. The number of ether oxygens (including phenoxy) is 1. The van der Waals surface area contributed by atoms with Crippen LogP contribution in [0, 0.1) is 5.92 Å². The Morgan fingerprint density at radius 1 is 0.969 bits per heavy atom. The SMILES string of the molecule is CCC(NC(=O)OCC1c2ccccc2-c2ccccc21)C(=O)N[C@H](CC(=O)O)C(C)C. The molecule has 0 spiro atoms. The summed E-state index contributed by atoms with van der Waals surface area (Å²) in [5.41, 5.74) is 4.50. The van der Waals surface area contributed by atoms with Gasteiger partial charge in [-0.3, -0.25) is 9.59 Å². The number of benzene rings is 2. The second-order valence-electron chi connectivity index (χ2n) is 8.39. The summed E-state index contributed by atoms with van der Waals surface area (Å²) < 4.78 is 5.51. The highest BCUT2D eigenvalue weighted by Crippen LogP contribution is 2.44. The fourth-order valence-electron chi connectivity index (χ4n) is 4.06. The highest BCUT2D eigenvalue weighted by atomic mass is 16.5. The smallest absolute Gasteiger partial charge is 0.407 e. The molecule has 0 saturated heterocycles. The molecule has 2 atom stereocenters. The number of nitrogens with one attached hydrogen (secondary N) is 2. The molecule has 3 rings (SSSR count). The van der Waals surface area contributed by atoms with Crippen molar-refractivity contribution in [1.82, 2.24) is 10.6 Å². The van der Waals surface area contributed by atoms with Crippen molar-refractivity contribution in [2.24, 2.45) is 5.92 Å². The fraction of sp³-hybridized carbons (Fsp3) is 0.400. The maximum atomic E-state index is 12.6. The number of aliphatic carboxylic acids is 1. The van der Waals surface area contributed by atoms with Crippen molar-refractivity contribution in [1.29, 1.82) is 0 Å². The van der Waals surface area contributed by atoms with Crippen LogP contribution in [-0.2, 0) is 14.3 Å². The molecule has 0 heterocycles. The van der Waals surface area contributed by atoms with E-state index in [1.54, 1.807) is 6.92 Å². The molecule has 7 heteroatoms. The summed E-state index contributed by atoms with van der Waals surface area (Å²) >= 11 is 0. The van der Waals surface area contributed by atoms with Gasteiger partial charge in [0, 0.05) is 12.0 Å². The monoisotopic (exact) mass is 438 g/mol. The van der Waals surface area contributed by atoms with Gasteiger partial charge in [-0.1, -0.05) is 69.3 Å². The van der Waals surface area contributed by atoms with E-state index in [0.717, 1.165) is 22.3 Å². The van der Waals surface area contributed by atoms with Crippen molar-refractivity contribution in [3.63, 3.8) is 0 Å². The van der Waals surface area contributed by atoms with Gasteiger partial charge in [-0.15, -0.1) is 0 Å². The summed E-state index contributed by atoms with van der Waals surface area (Å²) in [5.74, 6) is -1.52. The Labute approximate surface area is 188 Å². The van der Waals surface area contributed by atoms with E-state index in [0.29, 0.717) is 6.42 Å². The molecule has 3 N–H and O–H groups in total. The first-order valence-electron chi connectivity index (χ1n) is 11.0. The number of hydrogen-bond acceptors (Lipinski definition) is 4. The highest BCUT2D eigenvalue weighted by molar-refractivity contribution is 5.86. The summed E-state index contributed by atoms with van der Waals surface area (Å²) in [6.07, 6.45) is -0.494. The molecule has 0 aliphatic heterocycles. The molecule has 1 unspecified atom stereocenters. The maximum absolute atomic E-state index is 12.6. The Hall–Kier alpha value is -3.35. The fourth-order valence-corrected chi connectivity index (χ4v) is 4.06. The van der Waals surface area contributed by atoms with Crippen molar-refractivity contribution in [3.8, 4) is 11.1 Å². The Kier molecular flexibility index (Phi) is 7.51. The number of alkyl carbamates (subject to hydrolysis) is 1. The predicted octanol–water partition coefficient (Wildman–Crippen LogP) is 3.92. The molecule has 7 nitrogen and oxygen atoms in total. The largest absolute Gasteiger partial charge is 0.481 e. The third kappa shape index (κ3) is 5.28. The van der Waals surface area contributed by atoms with Crippen molar-refractivity contribution < 1.29 is 24.2 Å². The minimum atomic E-state index is -0.985. The third-order valence-electron chi connectivity index (χ3n) is 5.89. The molecule has 170 valence electrons. The first kappa shape index (κ1) is 23.3. The van der Waals surface area contributed by atoms with Crippen LogP contribution in [0.5, 0.6) is 0 Å². The van der Waals surface area contributed by atoms with Crippen LogP contribution in [0.25, 0.3) is 11.1 Å². The Morgan fingerprint density at radius 2 is 1.53 bits per heavy atom. The lowest BCUT2D eigenvalue weighted by Gasteiger charge is -2.24. The summed E-state index contributed by atoms with van der Waals surface area (Å²) in [6, 6.07) is 14.8. The Morgan fingerprint density at radius 3 is 2.03 bits per heavy atom. The summed E-state index contributed by atoms with van der Waals surface area (Å²) in [6.45, 7) is 5.61. The number of carboxylic acids is 1. The zero-order valence-corrected chi connectivity index (χ0v) is 18.6. The number of hydrogen-bond donors (Lipinski definition) is 3. The van der Waals surface area contributed by atoms with Crippen molar-refractivity contribution in [3.05, 3.63) is 59.7 Å². The van der Waals surface area contributed by atoms with Crippen LogP contribution in [0.15, 0.2) is 48.5 Å². The molecule has 0 aromatic heterocycles. The minimum absolute atomic E-state index is 0.0537. The van der Waals surface area contributed by atoms with Gasteiger partial charge in [0.2, 0.25) is 5.91 Å². The first-order valence-corrected chi connectivity index (χ1v) is 11.0. The highest BCUT2D eigenvalue weighted by Gasteiger charge is 2.30. The molecule has 2 aromatic rings. The van der Waals surface area contributed by atoms with Crippen molar-refractivity contribution >= 4 is 18.0 Å². The van der Waals surface area contributed by atoms with Gasteiger partial charge in [0.05, 0.1) is 6.42 Å². The summed E-state index contributed by atoms with van der Waals surface area (Å²) in [7, 11) is 0. The van der Waals surface area contributed by atoms with E-state index >= 15 is 0 Å². The Balaban J connectivity index is 1.61. The van der Waals surface area contributed by atoms with E-state index in [1.807, 2.05) is 50.2 Å². The summed E-state index contributed by atoms with van der Waals surface area (Å²) in [4.78, 5) is 36.2. The second-order valence-corrected chi connectivity index (χ2v) is 8.39. The van der Waals surface area contributed by atoms with Crippen molar-refractivity contribution in [2.75, 3.05) is 6.61 Å². The van der Waals surface area contributed by atoms with Gasteiger partial charge in [0.1, 0.15) is 12.6 Å². The van der Waals surface area contributed by atoms with Crippen LogP contribution in [-0.4, -0.2) is 41.8 Å². The lowest BCUT2D eigenvalue weighted by atomic mass is 9.98. The number of rotatable bonds is 9. The third-order valence-corrected chi connectivity index (χ3v) is 5.89. The first-order chi connectivity index (χ1) is 15.3. The zero-order valence-electron chi connectivity index (χ0n) is 18.6. The van der Waals surface area contributed by atoms with E-state index in [-0.39, 0.29) is 24.9 Å². The van der Waals surface area contributed by atoms with Gasteiger partial charge in [0.15, 0.2) is 0 Å². The van der Waals surface area contributed by atoms with E-state index in [4.69, 9.17) is 9.84 Å². The molecule has 1 aliphatic rings. The lowest BCUT2D eigenvalue weighted by Crippen LogP contribution is -2.51. The molecule has 2 amide bonds. The topological polar surface area (TPSA) is 105 Å². The summed E-state index contributed by atoms with van der Waals surface area (Å²) in [5, 5.41) is 14.4. The average molecular weight is 439 g/mol. The van der Waals surface area contributed by atoms with Crippen LogP contribution in [0.4, 0.5) is 4.79 Å². The van der Waals surface area contributed by atoms with Crippen molar-refractivity contribution in [2.45, 2.75) is 51.6 Å². The molecule has 0 saturated carbocycles. The van der Waals surface area contributed by atoms with Crippen LogP contribution < -0.4 is 10.6 Å². The van der Waals surface area contributed by atoms with Gasteiger partial charge in [0.25, 0.3) is 0 Å². The average Bonchev–Trinajstić information content (AvgIpc) is 3.09. The minimum Gasteiger partial charge on any atom is -0.481 e. The van der Waals surface area contributed by atoms with E-state index in [2.05, 4.69) is 22.8 Å². The zero-order chi connectivity index (χ0) is 23.3. The van der Waals surface area contributed by atoms with Gasteiger partial charge in [-0.2, -0.15) is 0 Å². The van der Waals surface area contributed by atoms with Gasteiger partial charge >= 0.3 is 12.1 Å².